The van der Waals surface area contributed by atoms with E-state index >= 15 is 0 Å². The molecule has 0 radical (unpaired) electrons. The first-order valence-electron chi connectivity index (χ1n) is 4.33. The summed E-state index contributed by atoms with van der Waals surface area (Å²) in [5.41, 5.74) is 0.481. The summed E-state index contributed by atoms with van der Waals surface area (Å²) >= 11 is 12.3. The number of benzene rings is 1. The molecule has 0 bridgehead atoms. The van der Waals surface area contributed by atoms with Gasteiger partial charge in [-0.15, -0.1) is 0 Å². The predicted molar refractivity (Wildman–Crippen MR) is 69.0 cm³/mol. The third kappa shape index (κ3) is 2.39. The van der Waals surface area contributed by atoms with E-state index in [9.17, 15) is 4.79 Å². The third-order valence-electron chi connectivity index (χ3n) is 1.97. The van der Waals surface area contributed by atoms with Crippen LogP contribution in [0.4, 0.5) is 0 Å². The molecule has 0 aliphatic rings. The average Bonchev–Trinajstić information content (AvgIpc) is 2.67. The maximum atomic E-state index is 12.0. The standard InChI is InChI=1S/C11H5Br2ClO2/c12-8-2-1-6(14)5-7(8)11(15)9-3-4-10(13)16-9/h1-5H. The van der Waals surface area contributed by atoms with Crippen LogP contribution in [0.15, 0.2) is 43.9 Å². The van der Waals surface area contributed by atoms with Crippen molar-refractivity contribution in [2.45, 2.75) is 0 Å². The molecule has 2 nitrogen and oxygen atoms in total. The Labute approximate surface area is 114 Å². The van der Waals surface area contributed by atoms with E-state index in [0.717, 1.165) is 0 Å². The van der Waals surface area contributed by atoms with Crippen LogP contribution < -0.4 is 0 Å². The normalized spacial score (nSPS) is 10.4. The first-order valence-corrected chi connectivity index (χ1v) is 6.29. The molecule has 5 heteroatoms. The van der Waals surface area contributed by atoms with Crippen molar-refractivity contribution in [1.82, 2.24) is 0 Å². The molecule has 16 heavy (non-hydrogen) atoms. The number of halogens is 3. The minimum Gasteiger partial charge on any atom is -0.446 e. The van der Waals surface area contributed by atoms with Gasteiger partial charge in [0.15, 0.2) is 10.4 Å². The van der Waals surface area contributed by atoms with Gasteiger partial charge in [0.25, 0.3) is 0 Å². The number of hydrogen-bond donors (Lipinski definition) is 0. The molecule has 0 N–H and O–H groups in total. The van der Waals surface area contributed by atoms with Gasteiger partial charge in [-0.05, 0) is 46.3 Å². The molecule has 0 aliphatic heterocycles. The lowest BCUT2D eigenvalue weighted by Gasteiger charge is -2.01. The van der Waals surface area contributed by atoms with E-state index in [-0.39, 0.29) is 11.5 Å². The van der Waals surface area contributed by atoms with Crippen LogP contribution in [0.2, 0.25) is 5.02 Å². The van der Waals surface area contributed by atoms with E-state index in [1.54, 1.807) is 30.3 Å². The summed E-state index contributed by atoms with van der Waals surface area (Å²) < 4.78 is 6.41. The van der Waals surface area contributed by atoms with Crippen LogP contribution in [-0.4, -0.2) is 5.78 Å². The second-order valence-electron chi connectivity index (χ2n) is 3.06. The first kappa shape index (κ1) is 11.9. The number of furan rings is 1. The van der Waals surface area contributed by atoms with Crippen LogP contribution in [-0.2, 0) is 0 Å². The van der Waals surface area contributed by atoms with Crippen molar-refractivity contribution < 1.29 is 9.21 Å². The summed E-state index contributed by atoms with van der Waals surface area (Å²) in [5.74, 6) is 0.0647. The van der Waals surface area contributed by atoms with Gasteiger partial charge in [0.2, 0.25) is 5.78 Å². The lowest BCUT2D eigenvalue weighted by molar-refractivity contribution is 0.101. The summed E-state index contributed by atoms with van der Waals surface area (Å²) in [6.45, 7) is 0. The largest absolute Gasteiger partial charge is 0.446 e. The molecule has 0 atom stereocenters. The summed E-state index contributed by atoms with van der Waals surface area (Å²) in [6.07, 6.45) is 0. The van der Waals surface area contributed by atoms with Gasteiger partial charge < -0.3 is 4.42 Å². The molecule has 1 aromatic heterocycles. The van der Waals surface area contributed by atoms with E-state index in [0.29, 0.717) is 19.7 Å². The highest BCUT2D eigenvalue weighted by atomic mass is 79.9. The summed E-state index contributed by atoms with van der Waals surface area (Å²) in [6, 6.07) is 8.32. The topological polar surface area (TPSA) is 30.2 Å². The van der Waals surface area contributed by atoms with Crippen LogP contribution in [0.1, 0.15) is 16.1 Å². The molecule has 1 heterocycles. The van der Waals surface area contributed by atoms with Crippen LogP contribution in [0.3, 0.4) is 0 Å². The van der Waals surface area contributed by atoms with Crippen molar-refractivity contribution >= 4 is 49.2 Å². The second-order valence-corrected chi connectivity index (χ2v) is 5.13. The molecule has 0 spiro atoms. The van der Waals surface area contributed by atoms with Crippen molar-refractivity contribution in [3.8, 4) is 0 Å². The number of carbonyl (C=O) groups excluding carboxylic acids is 1. The summed E-state index contributed by atoms with van der Waals surface area (Å²) in [5, 5.41) is 0.511. The van der Waals surface area contributed by atoms with Crippen molar-refractivity contribution in [2.75, 3.05) is 0 Å². The second kappa shape index (κ2) is 4.73. The summed E-state index contributed by atoms with van der Waals surface area (Å²) in [7, 11) is 0. The maximum Gasteiger partial charge on any atom is 0.229 e. The fraction of sp³-hybridized carbons (Fsp3) is 0. The van der Waals surface area contributed by atoms with Crippen LogP contribution in [0.5, 0.6) is 0 Å². The van der Waals surface area contributed by atoms with E-state index in [1.165, 1.54) is 0 Å². The maximum absolute atomic E-state index is 12.0. The van der Waals surface area contributed by atoms with Crippen molar-refractivity contribution in [3.63, 3.8) is 0 Å². The van der Waals surface area contributed by atoms with Gasteiger partial charge in [0.1, 0.15) is 0 Å². The van der Waals surface area contributed by atoms with E-state index in [2.05, 4.69) is 31.9 Å². The zero-order valence-electron chi connectivity index (χ0n) is 7.84. The molecular formula is C11H5Br2ClO2. The Bertz CT molecular complexity index is 549. The zero-order chi connectivity index (χ0) is 11.7. The van der Waals surface area contributed by atoms with E-state index in [4.69, 9.17) is 16.0 Å². The molecule has 0 saturated carbocycles. The Balaban J connectivity index is 2.45. The molecule has 0 amide bonds. The molecule has 0 fully saturated rings. The smallest absolute Gasteiger partial charge is 0.229 e. The Hall–Kier alpha value is -0.580. The monoisotopic (exact) mass is 362 g/mol. The van der Waals surface area contributed by atoms with Gasteiger partial charge in [-0.25, -0.2) is 0 Å². The van der Waals surface area contributed by atoms with E-state index in [1.807, 2.05) is 0 Å². The number of rotatable bonds is 2. The highest BCUT2D eigenvalue weighted by molar-refractivity contribution is 9.10. The number of ketones is 1. The molecule has 1 aromatic carbocycles. The minimum atomic E-state index is -0.208. The highest BCUT2D eigenvalue weighted by Crippen LogP contribution is 2.25. The number of hydrogen-bond acceptors (Lipinski definition) is 2. The van der Waals surface area contributed by atoms with Crippen molar-refractivity contribution in [2.24, 2.45) is 0 Å². The molecular weight excluding hydrogens is 359 g/mol. The van der Waals surface area contributed by atoms with Crippen molar-refractivity contribution in [3.05, 3.63) is 55.8 Å². The highest BCUT2D eigenvalue weighted by Gasteiger charge is 2.16. The minimum absolute atomic E-state index is 0.208. The van der Waals surface area contributed by atoms with Gasteiger partial charge in [-0.1, -0.05) is 27.5 Å². The van der Waals surface area contributed by atoms with Crippen molar-refractivity contribution in [1.29, 1.82) is 0 Å². The zero-order valence-corrected chi connectivity index (χ0v) is 11.8. The van der Waals surface area contributed by atoms with Crippen LogP contribution in [0, 0.1) is 0 Å². The van der Waals surface area contributed by atoms with Crippen LogP contribution in [0.25, 0.3) is 0 Å². The predicted octanol–water partition coefficient (Wildman–Crippen LogP) is 4.69. The number of carbonyl (C=O) groups is 1. The van der Waals surface area contributed by atoms with Gasteiger partial charge >= 0.3 is 0 Å². The lowest BCUT2D eigenvalue weighted by atomic mass is 10.1. The van der Waals surface area contributed by atoms with Gasteiger partial charge in [-0.3, -0.25) is 4.79 Å². The molecule has 0 unspecified atom stereocenters. The van der Waals surface area contributed by atoms with Gasteiger partial charge in [0, 0.05) is 15.1 Å². The van der Waals surface area contributed by atoms with Crippen LogP contribution >= 0.6 is 43.5 Å². The van der Waals surface area contributed by atoms with Gasteiger partial charge in [0.05, 0.1) is 0 Å². The van der Waals surface area contributed by atoms with E-state index < -0.39 is 0 Å². The fourth-order valence-electron chi connectivity index (χ4n) is 1.24. The summed E-state index contributed by atoms with van der Waals surface area (Å²) in [4.78, 5) is 12.0. The molecule has 82 valence electrons. The molecule has 0 aliphatic carbocycles. The molecule has 2 rings (SSSR count). The Morgan fingerprint density at radius 2 is 1.94 bits per heavy atom. The SMILES string of the molecule is O=C(c1ccc(Br)o1)c1cc(Cl)ccc1Br. The lowest BCUT2D eigenvalue weighted by Crippen LogP contribution is -2.00. The average molecular weight is 364 g/mol. The Morgan fingerprint density at radius 1 is 1.19 bits per heavy atom. The fourth-order valence-corrected chi connectivity index (χ4v) is 2.15. The van der Waals surface area contributed by atoms with Gasteiger partial charge in [-0.2, -0.15) is 0 Å². The Morgan fingerprint density at radius 3 is 2.56 bits per heavy atom. The molecule has 0 saturated heterocycles. The molecule has 2 aromatic rings. The quantitative estimate of drug-likeness (QED) is 0.724. The Kier molecular flexibility index (Phi) is 3.52. The first-order chi connectivity index (χ1) is 7.58. The third-order valence-corrected chi connectivity index (χ3v) is 3.32.